The van der Waals surface area contributed by atoms with E-state index in [1.165, 1.54) is 12.8 Å². The summed E-state index contributed by atoms with van der Waals surface area (Å²) in [4.78, 5) is 2.09. The number of aliphatic hydroxyl groups is 1. The molecule has 6 heteroatoms. The van der Waals surface area contributed by atoms with Crippen LogP contribution in [0, 0.1) is 19.8 Å². The van der Waals surface area contributed by atoms with Gasteiger partial charge in [-0.05, 0) is 39.7 Å². The Morgan fingerprint density at radius 3 is 2.76 bits per heavy atom. The van der Waals surface area contributed by atoms with E-state index in [9.17, 15) is 5.11 Å². The zero-order valence-corrected chi connectivity index (χ0v) is 13.4. The molecule has 1 aromatic rings. The van der Waals surface area contributed by atoms with Crippen LogP contribution in [0.4, 0.5) is 5.69 Å². The first-order chi connectivity index (χ1) is 9.97. The zero-order valence-electron chi connectivity index (χ0n) is 13.4. The summed E-state index contributed by atoms with van der Waals surface area (Å²) in [7, 11) is 2.00. The Hall–Kier alpha value is -1.11. The topological polar surface area (TPSA) is 76.5 Å². The minimum Gasteiger partial charge on any atom is -0.396 e. The van der Waals surface area contributed by atoms with E-state index in [1.54, 1.807) is 4.68 Å². The van der Waals surface area contributed by atoms with Crippen molar-refractivity contribution >= 4 is 5.69 Å². The van der Waals surface area contributed by atoms with Crippen LogP contribution in [-0.4, -0.2) is 59.2 Å². The molecule has 1 saturated carbocycles. The number of nitrogens with two attached hydrogens (primary N) is 1. The molecule has 1 atom stereocenters. The maximum absolute atomic E-state index is 10.2. The smallest absolute Gasteiger partial charge is 0.0862 e. The number of nitrogen functional groups attached to an aromatic ring is 1. The van der Waals surface area contributed by atoms with Crippen LogP contribution in [0.2, 0.25) is 0 Å². The number of aliphatic hydroxyl groups excluding tert-OH is 1. The lowest BCUT2D eigenvalue weighted by molar-refractivity contribution is 0.0719. The van der Waals surface area contributed by atoms with Gasteiger partial charge in [-0.1, -0.05) is 0 Å². The SMILES string of the molecule is Cc1nn(CC(O)CN(C)CCOCC2CC2)c(C)c1N. The molecule has 2 rings (SSSR count). The predicted octanol–water partition coefficient (Wildman–Crippen LogP) is 0.801. The number of aryl methyl sites for hydroxylation is 1. The monoisotopic (exact) mass is 296 g/mol. The number of nitrogens with zero attached hydrogens (tertiary/aromatic N) is 3. The van der Waals surface area contributed by atoms with Gasteiger partial charge in [0.1, 0.15) is 0 Å². The van der Waals surface area contributed by atoms with E-state index < -0.39 is 6.10 Å². The lowest BCUT2D eigenvalue weighted by Gasteiger charge is -2.21. The van der Waals surface area contributed by atoms with Crippen LogP contribution >= 0.6 is 0 Å². The molecule has 1 heterocycles. The summed E-state index contributed by atoms with van der Waals surface area (Å²) in [6.45, 7) is 7.34. The Bertz CT molecular complexity index is 457. The van der Waals surface area contributed by atoms with Crippen LogP contribution in [0.3, 0.4) is 0 Å². The van der Waals surface area contributed by atoms with Crippen molar-refractivity contribution < 1.29 is 9.84 Å². The summed E-state index contributed by atoms with van der Waals surface area (Å²) in [6, 6.07) is 0. The van der Waals surface area contributed by atoms with Gasteiger partial charge in [-0.3, -0.25) is 4.68 Å². The zero-order chi connectivity index (χ0) is 15.4. The van der Waals surface area contributed by atoms with Crippen molar-refractivity contribution in [2.75, 3.05) is 39.1 Å². The molecule has 1 aromatic heterocycles. The van der Waals surface area contributed by atoms with Crippen molar-refractivity contribution in [2.24, 2.45) is 5.92 Å². The van der Waals surface area contributed by atoms with Crippen LogP contribution in [0.5, 0.6) is 0 Å². The molecule has 120 valence electrons. The van der Waals surface area contributed by atoms with Gasteiger partial charge in [-0.25, -0.2) is 0 Å². The van der Waals surface area contributed by atoms with Crippen LogP contribution in [0.1, 0.15) is 24.2 Å². The molecule has 0 radical (unpaired) electrons. The molecule has 21 heavy (non-hydrogen) atoms. The van der Waals surface area contributed by atoms with E-state index in [1.807, 2.05) is 20.9 Å². The highest BCUT2D eigenvalue weighted by Crippen LogP contribution is 2.28. The quantitative estimate of drug-likeness (QED) is 0.659. The van der Waals surface area contributed by atoms with E-state index in [0.717, 1.165) is 37.1 Å². The minimum absolute atomic E-state index is 0.462. The third-order valence-corrected chi connectivity index (χ3v) is 4.01. The Kier molecular flexibility index (Phi) is 5.61. The summed E-state index contributed by atoms with van der Waals surface area (Å²) in [5.41, 5.74) is 8.35. The number of hydrogen-bond acceptors (Lipinski definition) is 5. The molecule has 0 saturated heterocycles. The third kappa shape index (κ3) is 4.98. The maximum Gasteiger partial charge on any atom is 0.0862 e. The lowest BCUT2D eigenvalue weighted by atomic mass is 10.3. The summed E-state index contributed by atoms with van der Waals surface area (Å²) in [6.07, 6.45) is 2.18. The Morgan fingerprint density at radius 2 is 2.19 bits per heavy atom. The molecule has 1 aliphatic carbocycles. The van der Waals surface area contributed by atoms with Crippen molar-refractivity contribution in [1.82, 2.24) is 14.7 Å². The van der Waals surface area contributed by atoms with Crippen LogP contribution < -0.4 is 5.73 Å². The second-order valence-electron chi connectivity index (χ2n) is 6.20. The average Bonchev–Trinajstić information content (AvgIpc) is 3.21. The minimum atomic E-state index is -0.462. The molecule has 1 fully saturated rings. The fourth-order valence-electron chi connectivity index (χ4n) is 2.35. The normalized spacial score (nSPS) is 16.6. The van der Waals surface area contributed by atoms with Crippen molar-refractivity contribution in [2.45, 2.75) is 39.3 Å². The molecule has 0 spiro atoms. The molecule has 0 bridgehead atoms. The first-order valence-corrected chi connectivity index (χ1v) is 7.71. The summed E-state index contributed by atoms with van der Waals surface area (Å²) in [5.74, 6) is 0.803. The summed E-state index contributed by atoms with van der Waals surface area (Å²) >= 11 is 0. The Balaban J connectivity index is 1.67. The third-order valence-electron chi connectivity index (χ3n) is 4.01. The fourth-order valence-corrected chi connectivity index (χ4v) is 2.35. The maximum atomic E-state index is 10.2. The molecule has 3 N–H and O–H groups in total. The summed E-state index contributed by atoms with van der Waals surface area (Å²) in [5, 5.41) is 14.5. The molecule has 0 aromatic carbocycles. The highest BCUT2D eigenvalue weighted by atomic mass is 16.5. The molecule has 0 amide bonds. The molecule has 0 aliphatic heterocycles. The van der Waals surface area contributed by atoms with Gasteiger partial charge >= 0.3 is 0 Å². The molecule has 1 unspecified atom stereocenters. The summed E-state index contributed by atoms with van der Waals surface area (Å²) < 4.78 is 7.39. The highest BCUT2D eigenvalue weighted by molar-refractivity contribution is 5.46. The Morgan fingerprint density at radius 1 is 1.48 bits per heavy atom. The second kappa shape index (κ2) is 7.24. The second-order valence-corrected chi connectivity index (χ2v) is 6.20. The molecule has 1 aliphatic rings. The van der Waals surface area contributed by atoms with E-state index in [0.29, 0.717) is 18.8 Å². The van der Waals surface area contributed by atoms with Crippen LogP contribution in [-0.2, 0) is 11.3 Å². The number of anilines is 1. The largest absolute Gasteiger partial charge is 0.396 e. The van der Waals surface area contributed by atoms with Crippen LogP contribution in [0.25, 0.3) is 0 Å². The van der Waals surface area contributed by atoms with Gasteiger partial charge in [0.15, 0.2) is 0 Å². The van der Waals surface area contributed by atoms with E-state index >= 15 is 0 Å². The van der Waals surface area contributed by atoms with Crippen molar-refractivity contribution in [3.63, 3.8) is 0 Å². The van der Waals surface area contributed by atoms with Crippen molar-refractivity contribution in [3.8, 4) is 0 Å². The number of likely N-dealkylation sites (N-methyl/N-ethyl adjacent to an activating group) is 1. The first kappa shape index (κ1) is 16.3. The number of hydrogen-bond donors (Lipinski definition) is 2. The number of ether oxygens (including phenoxy) is 1. The molecular weight excluding hydrogens is 268 g/mol. The molecule has 6 nitrogen and oxygen atoms in total. The first-order valence-electron chi connectivity index (χ1n) is 7.71. The Labute approximate surface area is 126 Å². The van der Waals surface area contributed by atoms with E-state index in [2.05, 4.69) is 10.00 Å². The van der Waals surface area contributed by atoms with Gasteiger partial charge < -0.3 is 20.5 Å². The van der Waals surface area contributed by atoms with E-state index in [4.69, 9.17) is 10.5 Å². The number of aromatic nitrogens is 2. The van der Waals surface area contributed by atoms with Gasteiger partial charge in [-0.15, -0.1) is 0 Å². The predicted molar refractivity (Wildman–Crippen MR) is 83.2 cm³/mol. The van der Waals surface area contributed by atoms with Gasteiger partial charge in [-0.2, -0.15) is 5.10 Å². The van der Waals surface area contributed by atoms with E-state index in [-0.39, 0.29) is 0 Å². The number of rotatable bonds is 9. The molecular formula is C15H28N4O2. The van der Waals surface area contributed by atoms with Gasteiger partial charge in [0.05, 0.1) is 36.3 Å². The standard InChI is InChI=1S/C15H28N4O2/c1-11-15(16)12(2)19(17-11)9-14(20)8-18(3)6-7-21-10-13-4-5-13/h13-14,20H,4-10,16H2,1-3H3. The van der Waals surface area contributed by atoms with Crippen LogP contribution in [0.15, 0.2) is 0 Å². The van der Waals surface area contributed by atoms with Crippen molar-refractivity contribution in [3.05, 3.63) is 11.4 Å². The van der Waals surface area contributed by atoms with Gasteiger partial charge in [0, 0.05) is 19.7 Å². The average molecular weight is 296 g/mol. The lowest BCUT2D eigenvalue weighted by Crippen LogP contribution is -2.34. The fraction of sp³-hybridized carbons (Fsp3) is 0.800. The van der Waals surface area contributed by atoms with Gasteiger partial charge in [0.25, 0.3) is 0 Å². The highest BCUT2D eigenvalue weighted by Gasteiger charge is 2.21. The van der Waals surface area contributed by atoms with Gasteiger partial charge in [0.2, 0.25) is 0 Å². The van der Waals surface area contributed by atoms with Crippen molar-refractivity contribution in [1.29, 1.82) is 0 Å².